The van der Waals surface area contributed by atoms with Crippen LogP contribution < -0.4 is 5.73 Å². The maximum Gasteiger partial charge on any atom is 0.173 e. The summed E-state index contributed by atoms with van der Waals surface area (Å²) < 4.78 is 26.6. The van der Waals surface area contributed by atoms with Gasteiger partial charge in [-0.05, 0) is 53.2 Å². The second-order valence-electron chi connectivity index (χ2n) is 4.27. The van der Waals surface area contributed by atoms with E-state index < -0.39 is 11.6 Å². The monoisotopic (exact) mass is 301 g/mol. The van der Waals surface area contributed by atoms with Crippen LogP contribution >= 0.6 is 15.9 Å². The fraction of sp³-hybridized carbons (Fsp3) is 0.385. The van der Waals surface area contributed by atoms with Crippen molar-refractivity contribution in [2.45, 2.75) is 31.7 Å². The van der Waals surface area contributed by atoms with E-state index in [1.54, 1.807) is 6.07 Å². The molecule has 0 amide bonds. The minimum atomic E-state index is -0.866. The third-order valence-electron chi connectivity index (χ3n) is 3.13. The zero-order valence-corrected chi connectivity index (χ0v) is 10.9. The van der Waals surface area contributed by atoms with Crippen LogP contribution in [-0.4, -0.2) is 0 Å². The molecule has 2 N–H and O–H groups in total. The highest BCUT2D eigenvalue weighted by Crippen LogP contribution is 2.33. The van der Waals surface area contributed by atoms with Gasteiger partial charge in [-0.1, -0.05) is 17.7 Å². The van der Waals surface area contributed by atoms with Crippen molar-refractivity contribution in [1.82, 2.24) is 0 Å². The first kappa shape index (κ1) is 12.7. The predicted octanol–water partition coefficient (Wildman–Crippen LogP) is 4.23. The lowest BCUT2D eigenvalue weighted by Crippen LogP contribution is -2.16. The number of hydrogen-bond donors (Lipinski definition) is 1. The maximum absolute atomic E-state index is 13.4. The van der Waals surface area contributed by atoms with Gasteiger partial charge in [-0.2, -0.15) is 0 Å². The van der Waals surface area contributed by atoms with Crippen molar-refractivity contribution in [3.05, 3.63) is 45.5 Å². The minimum absolute atomic E-state index is 0.136. The molecular weight excluding hydrogens is 288 g/mol. The molecule has 0 saturated carbocycles. The summed E-state index contributed by atoms with van der Waals surface area (Å²) in [5, 5.41) is 0. The fourth-order valence-electron chi connectivity index (χ4n) is 2.13. The topological polar surface area (TPSA) is 26.0 Å². The average Bonchev–Trinajstić information content (AvgIpc) is 2.36. The Morgan fingerprint density at radius 3 is 2.65 bits per heavy atom. The van der Waals surface area contributed by atoms with E-state index in [9.17, 15) is 8.78 Å². The fourth-order valence-corrected chi connectivity index (χ4v) is 2.69. The van der Waals surface area contributed by atoms with Gasteiger partial charge in [-0.15, -0.1) is 0 Å². The average molecular weight is 302 g/mol. The number of nitrogens with two attached hydrogens (primary N) is 1. The third-order valence-corrected chi connectivity index (χ3v) is 3.93. The zero-order valence-electron chi connectivity index (χ0n) is 9.35. The van der Waals surface area contributed by atoms with Gasteiger partial charge in [0.05, 0.1) is 10.5 Å². The van der Waals surface area contributed by atoms with Crippen molar-refractivity contribution < 1.29 is 8.78 Å². The van der Waals surface area contributed by atoms with Crippen LogP contribution in [0.1, 0.15) is 37.3 Å². The molecule has 1 nitrogen and oxygen atoms in total. The Kier molecular flexibility index (Phi) is 3.94. The lowest BCUT2D eigenvalue weighted by molar-refractivity contribution is 0.500. The third kappa shape index (κ3) is 2.58. The van der Waals surface area contributed by atoms with Crippen LogP contribution in [0, 0.1) is 11.6 Å². The Labute approximate surface area is 108 Å². The molecule has 1 aromatic carbocycles. The molecular formula is C13H14BrF2N. The molecule has 0 fully saturated rings. The van der Waals surface area contributed by atoms with E-state index >= 15 is 0 Å². The van der Waals surface area contributed by atoms with Crippen molar-refractivity contribution in [2.24, 2.45) is 5.73 Å². The molecule has 2 rings (SSSR count). The Hall–Kier alpha value is -0.740. The Morgan fingerprint density at radius 1 is 1.24 bits per heavy atom. The summed E-state index contributed by atoms with van der Waals surface area (Å²) in [6.07, 6.45) is 6.36. The second-order valence-corrected chi connectivity index (χ2v) is 5.06. The van der Waals surface area contributed by atoms with Gasteiger partial charge >= 0.3 is 0 Å². The highest BCUT2D eigenvalue weighted by molar-refractivity contribution is 9.10. The van der Waals surface area contributed by atoms with Crippen LogP contribution in [0.4, 0.5) is 8.78 Å². The summed E-state index contributed by atoms with van der Waals surface area (Å²) in [6.45, 7) is 0. The molecule has 1 aromatic rings. The normalized spacial score (nSPS) is 17.8. The number of halogens is 3. The van der Waals surface area contributed by atoms with E-state index in [0.29, 0.717) is 5.56 Å². The number of rotatable bonds is 2. The van der Waals surface area contributed by atoms with Crippen molar-refractivity contribution >= 4 is 15.9 Å². The Morgan fingerprint density at radius 2 is 2.00 bits per heavy atom. The van der Waals surface area contributed by atoms with Crippen LogP contribution in [0.2, 0.25) is 0 Å². The van der Waals surface area contributed by atoms with Gasteiger partial charge in [0, 0.05) is 0 Å². The smallest absolute Gasteiger partial charge is 0.173 e. The lowest BCUT2D eigenvalue weighted by atomic mass is 9.90. The molecule has 92 valence electrons. The summed E-state index contributed by atoms with van der Waals surface area (Å²) >= 11 is 3.08. The molecule has 0 bridgehead atoms. The van der Waals surface area contributed by atoms with Crippen LogP contribution in [0.3, 0.4) is 0 Å². The SMILES string of the molecule is NC(C1=CCCCC1)c1ccc(F)c(F)c1Br. The van der Waals surface area contributed by atoms with Gasteiger partial charge < -0.3 is 5.73 Å². The van der Waals surface area contributed by atoms with Gasteiger partial charge in [-0.3, -0.25) is 0 Å². The summed E-state index contributed by atoms with van der Waals surface area (Å²) in [7, 11) is 0. The largest absolute Gasteiger partial charge is 0.321 e. The van der Waals surface area contributed by atoms with Crippen LogP contribution in [-0.2, 0) is 0 Å². The molecule has 1 aliphatic carbocycles. The van der Waals surface area contributed by atoms with Gasteiger partial charge in [-0.25, -0.2) is 8.78 Å². The van der Waals surface area contributed by atoms with Crippen molar-refractivity contribution in [1.29, 1.82) is 0 Å². The van der Waals surface area contributed by atoms with Gasteiger partial charge in [0.15, 0.2) is 11.6 Å². The minimum Gasteiger partial charge on any atom is -0.321 e. The number of hydrogen-bond acceptors (Lipinski definition) is 1. The predicted molar refractivity (Wildman–Crippen MR) is 67.5 cm³/mol. The molecule has 1 atom stereocenters. The highest BCUT2D eigenvalue weighted by atomic mass is 79.9. The van der Waals surface area contributed by atoms with E-state index in [1.165, 1.54) is 6.42 Å². The van der Waals surface area contributed by atoms with E-state index in [0.717, 1.165) is 30.9 Å². The molecule has 1 unspecified atom stereocenters. The van der Waals surface area contributed by atoms with Crippen molar-refractivity contribution in [2.75, 3.05) is 0 Å². The first-order valence-corrected chi connectivity index (χ1v) is 6.48. The van der Waals surface area contributed by atoms with Gasteiger partial charge in [0.1, 0.15) is 0 Å². The maximum atomic E-state index is 13.4. The summed E-state index contributed by atoms with van der Waals surface area (Å²) in [5.74, 6) is -1.72. The Balaban J connectivity index is 2.34. The molecule has 0 spiro atoms. The Bertz CT molecular complexity index is 457. The molecule has 4 heteroatoms. The summed E-state index contributed by atoms with van der Waals surface area (Å²) in [6, 6.07) is 2.32. The first-order chi connectivity index (χ1) is 8.11. The number of allylic oxidation sites excluding steroid dienone is 1. The summed E-state index contributed by atoms with van der Waals surface area (Å²) in [4.78, 5) is 0. The number of benzene rings is 1. The van der Waals surface area contributed by atoms with E-state index in [2.05, 4.69) is 22.0 Å². The second kappa shape index (κ2) is 5.27. The van der Waals surface area contributed by atoms with Crippen molar-refractivity contribution in [3.8, 4) is 0 Å². The quantitative estimate of drug-likeness (QED) is 0.642. The molecule has 0 heterocycles. The molecule has 1 aliphatic rings. The molecule has 0 saturated heterocycles. The van der Waals surface area contributed by atoms with Crippen molar-refractivity contribution in [3.63, 3.8) is 0 Å². The molecule has 0 aliphatic heterocycles. The first-order valence-electron chi connectivity index (χ1n) is 5.69. The lowest BCUT2D eigenvalue weighted by Gasteiger charge is -2.21. The van der Waals surface area contributed by atoms with Gasteiger partial charge in [0.2, 0.25) is 0 Å². The van der Waals surface area contributed by atoms with Crippen LogP contribution in [0.5, 0.6) is 0 Å². The molecule has 17 heavy (non-hydrogen) atoms. The van der Waals surface area contributed by atoms with E-state index in [4.69, 9.17) is 5.73 Å². The van der Waals surface area contributed by atoms with E-state index in [-0.39, 0.29) is 10.5 Å². The van der Waals surface area contributed by atoms with E-state index in [1.807, 2.05) is 0 Å². The van der Waals surface area contributed by atoms with Crippen LogP contribution in [0.25, 0.3) is 0 Å². The molecule has 0 aromatic heterocycles. The standard InChI is InChI=1S/C13H14BrF2N/c14-11-9(6-7-10(15)12(11)16)13(17)8-4-2-1-3-5-8/h4,6-7,13H,1-3,5,17H2. The zero-order chi connectivity index (χ0) is 12.4. The summed E-state index contributed by atoms with van der Waals surface area (Å²) in [5.41, 5.74) is 7.82. The molecule has 0 radical (unpaired) electrons. The highest BCUT2D eigenvalue weighted by Gasteiger charge is 2.19. The van der Waals surface area contributed by atoms with Crippen LogP contribution in [0.15, 0.2) is 28.3 Å². The van der Waals surface area contributed by atoms with Gasteiger partial charge in [0.25, 0.3) is 0 Å².